The van der Waals surface area contributed by atoms with E-state index in [9.17, 15) is 0 Å². The zero-order valence-corrected chi connectivity index (χ0v) is 11.8. The van der Waals surface area contributed by atoms with Gasteiger partial charge in [0.15, 0.2) is 0 Å². The largest absolute Gasteiger partial charge is 0.317 e. The smallest absolute Gasteiger partial charge is 0.00640 e. The molecule has 1 atom stereocenters. The molecule has 0 bridgehead atoms. The summed E-state index contributed by atoms with van der Waals surface area (Å²) in [5.74, 6) is 0. The fraction of sp³-hybridized carbons (Fsp3) is 0.625. The van der Waals surface area contributed by atoms with Gasteiger partial charge in [0.05, 0.1) is 0 Å². The lowest BCUT2D eigenvalue weighted by atomic mass is 9.98. The molecule has 0 spiro atoms. The van der Waals surface area contributed by atoms with E-state index in [4.69, 9.17) is 0 Å². The highest BCUT2D eigenvalue weighted by molar-refractivity contribution is 5.30. The van der Waals surface area contributed by atoms with Crippen molar-refractivity contribution < 1.29 is 0 Å². The molecular formula is C16H27N. The topological polar surface area (TPSA) is 12.0 Å². The molecule has 1 unspecified atom stereocenters. The minimum atomic E-state index is 0.699. The molecule has 96 valence electrons. The maximum atomic E-state index is 3.42. The minimum absolute atomic E-state index is 0.699. The first kappa shape index (κ1) is 14.2. The standard InChI is InChI=1S/C16H27N/c1-5-7-16(17-4)9-6-8-15-12-13(2)10-11-14(15)3/h10-12,16-17H,5-9H2,1-4H3. The minimum Gasteiger partial charge on any atom is -0.317 e. The van der Waals surface area contributed by atoms with Gasteiger partial charge in [-0.1, -0.05) is 37.1 Å². The van der Waals surface area contributed by atoms with Crippen molar-refractivity contribution in [2.75, 3.05) is 7.05 Å². The van der Waals surface area contributed by atoms with Gasteiger partial charge in [0, 0.05) is 6.04 Å². The van der Waals surface area contributed by atoms with Crippen LogP contribution in [0.1, 0.15) is 49.3 Å². The summed E-state index contributed by atoms with van der Waals surface area (Å²) in [6.07, 6.45) is 6.36. The quantitative estimate of drug-likeness (QED) is 0.750. The van der Waals surface area contributed by atoms with Crippen LogP contribution in [-0.4, -0.2) is 13.1 Å². The third kappa shape index (κ3) is 4.91. The van der Waals surface area contributed by atoms with Crippen molar-refractivity contribution >= 4 is 0 Å². The first-order chi connectivity index (χ1) is 8.17. The molecule has 1 nitrogen and oxygen atoms in total. The summed E-state index contributed by atoms with van der Waals surface area (Å²) in [6.45, 7) is 6.65. The molecule has 0 fully saturated rings. The Morgan fingerprint density at radius 3 is 2.59 bits per heavy atom. The number of nitrogens with one attached hydrogen (secondary N) is 1. The van der Waals surface area contributed by atoms with Crippen LogP contribution in [0.5, 0.6) is 0 Å². The van der Waals surface area contributed by atoms with Crippen LogP contribution < -0.4 is 5.32 Å². The monoisotopic (exact) mass is 233 g/mol. The first-order valence-electron chi connectivity index (χ1n) is 6.90. The molecule has 1 aromatic carbocycles. The number of benzene rings is 1. The van der Waals surface area contributed by atoms with Crippen LogP contribution in [0.2, 0.25) is 0 Å². The second-order valence-corrected chi connectivity index (χ2v) is 5.10. The number of aryl methyl sites for hydroxylation is 3. The van der Waals surface area contributed by atoms with Gasteiger partial charge in [0.2, 0.25) is 0 Å². The fourth-order valence-electron chi connectivity index (χ4n) is 2.39. The lowest BCUT2D eigenvalue weighted by Crippen LogP contribution is -2.24. The van der Waals surface area contributed by atoms with Gasteiger partial charge in [0.25, 0.3) is 0 Å². The molecule has 0 saturated heterocycles. The molecule has 0 aliphatic carbocycles. The summed E-state index contributed by atoms with van der Waals surface area (Å²) in [4.78, 5) is 0. The Labute approximate surface area is 107 Å². The van der Waals surface area contributed by atoms with Crippen LogP contribution in [0.25, 0.3) is 0 Å². The highest BCUT2D eigenvalue weighted by atomic mass is 14.9. The van der Waals surface area contributed by atoms with E-state index in [1.807, 2.05) is 0 Å². The summed E-state index contributed by atoms with van der Waals surface area (Å²) < 4.78 is 0. The molecule has 17 heavy (non-hydrogen) atoms. The van der Waals surface area contributed by atoms with Crippen molar-refractivity contribution in [3.8, 4) is 0 Å². The second kappa shape index (κ2) is 7.50. The van der Waals surface area contributed by atoms with E-state index >= 15 is 0 Å². The van der Waals surface area contributed by atoms with E-state index in [2.05, 4.69) is 51.3 Å². The average Bonchev–Trinajstić information content (AvgIpc) is 2.32. The predicted octanol–water partition coefficient (Wildman–Crippen LogP) is 4.01. The predicted molar refractivity (Wildman–Crippen MR) is 76.6 cm³/mol. The zero-order valence-electron chi connectivity index (χ0n) is 11.8. The van der Waals surface area contributed by atoms with Crippen LogP contribution in [0, 0.1) is 13.8 Å². The molecule has 0 amide bonds. The van der Waals surface area contributed by atoms with Crippen molar-refractivity contribution in [1.82, 2.24) is 5.32 Å². The van der Waals surface area contributed by atoms with Gasteiger partial charge in [-0.15, -0.1) is 0 Å². The van der Waals surface area contributed by atoms with Gasteiger partial charge >= 0.3 is 0 Å². The number of hydrogen-bond donors (Lipinski definition) is 1. The van der Waals surface area contributed by atoms with E-state index in [-0.39, 0.29) is 0 Å². The Morgan fingerprint density at radius 2 is 1.94 bits per heavy atom. The maximum Gasteiger partial charge on any atom is 0.00640 e. The summed E-state index contributed by atoms with van der Waals surface area (Å²) in [7, 11) is 2.08. The Bertz CT molecular complexity index is 330. The van der Waals surface area contributed by atoms with Crippen LogP contribution in [0.4, 0.5) is 0 Å². The molecule has 0 saturated carbocycles. The van der Waals surface area contributed by atoms with Crippen molar-refractivity contribution in [3.63, 3.8) is 0 Å². The summed E-state index contributed by atoms with van der Waals surface area (Å²) >= 11 is 0. The third-order valence-corrected chi connectivity index (χ3v) is 3.55. The van der Waals surface area contributed by atoms with Crippen LogP contribution in [-0.2, 0) is 6.42 Å². The lowest BCUT2D eigenvalue weighted by Gasteiger charge is -2.15. The zero-order chi connectivity index (χ0) is 12.7. The van der Waals surface area contributed by atoms with Crippen molar-refractivity contribution in [3.05, 3.63) is 34.9 Å². The van der Waals surface area contributed by atoms with E-state index in [0.29, 0.717) is 6.04 Å². The van der Waals surface area contributed by atoms with Gasteiger partial charge in [-0.2, -0.15) is 0 Å². The number of hydrogen-bond acceptors (Lipinski definition) is 1. The van der Waals surface area contributed by atoms with Gasteiger partial charge in [0.1, 0.15) is 0 Å². The van der Waals surface area contributed by atoms with Crippen molar-refractivity contribution in [1.29, 1.82) is 0 Å². The molecular weight excluding hydrogens is 206 g/mol. The van der Waals surface area contributed by atoms with E-state index in [0.717, 1.165) is 0 Å². The van der Waals surface area contributed by atoms with E-state index < -0.39 is 0 Å². The highest BCUT2D eigenvalue weighted by Gasteiger charge is 2.05. The third-order valence-electron chi connectivity index (χ3n) is 3.55. The Kier molecular flexibility index (Phi) is 6.28. The Hall–Kier alpha value is -0.820. The lowest BCUT2D eigenvalue weighted by molar-refractivity contribution is 0.469. The van der Waals surface area contributed by atoms with Crippen LogP contribution in [0.15, 0.2) is 18.2 Å². The van der Waals surface area contributed by atoms with Gasteiger partial charge < -0.3 is 5.32 Å². The number of rotatable bonds is 7. The molecule has 1 aromatic rings. The molecule has 0 aliphatic heterocycles. The van der Waals surface area contributed by atoms with Gasteiger partial charge in [-0.05, 0) is 57.7 Å². The summed E-state index contributed by atoms with van der Waals surface area (Å²) in [6, 6.07) is 7.48. The average molecular weight is 233 g/mol. The van der Waals surface area contributed by atoms with Gasteiger partial charge in [-0.25, -0.2) is 0 Å². The molecule has 1 heteroatoms. The maximum absolute atomic E-state index is 3.42. The Balaban J connectivity index is 2.42. The molecule has 1 N–H and O–H groups in total. The van der Waals surface area contributed by atoms with Gasteiger partial charge in [-0.3, -0.25) is 0 Å². The SMILES string of the molecule is CCCC(CCCc1cc(C)ccc1C)NC. The van der Waals surface area contributed by atoms with Crippen molar-refractivity contribution in [2.45, 2.75) is 58.9 Å². The molecule has 0 aromatic heterocycles. The Morgan fingerprint density at radius 1 is 1.18 bits per heavy atom. The molecule has 0 radical (unpaired) electrons. The summed E-state index contributed by atoms with van der Waals surface area (Å²) in [5, 5.41) is 3.42. The normalized spacial score (nSPS) is 12.7. The van der Waals surface area contributed by atoms with E-state index in [1.165, 1.54) is 48.8 Å². The van der Waals surface area contributed by atoms with E-state index in [1.54, 1.807) is 0 Å². The molecule has 1 rings (SSSR count). The molecule has 0 heterocycles. The first-order valence-corrected chi connectivity index (χ1v) is 6.90. The summed E-state index contributed by atoms with van der Waals surface area (Å²) in [5.41, 5.74) is 4.34. The molecule has 0 aliphatic rings. The second-order valence-electron chi connectivity index (χ2n) is 5.10. The fourth-order valence-corrected chi connectivity index (χ4v) is 2.39. The van der Waals surface area contributed by atoms with Crippen LogP contribution in [0.3, 0.4) is 0 Å². The highest BCUT2D eigenvalue weighted by Crippen LogP contribution is 2.15. The van der Waals surface area contributed by atoms with Crippen LogP contribution >= 0.6 is 0 Å². The van der Waals surface area contributed by atoms with Crippen molar-refractivity contribution in [2.24, 2.45) is 0 Å².